The first-order valence-electron chi connectivity index (χ1n) is 9.01. The molecule has 0 saturated carbocycles. The van der Waals surface area contributed by atoms with Crippen LogP contribution in [0.2, 0.25) is 0 Å². The van der Waals surface area contributed by atoms with E-state index < -0.39 is 0 Å². The Labute approximate surface area is 171 Å². The third kappa shape index (κ3) is 3.79. The second kappa shape index (κ2) is 7.56. The Kier molecular flexibility index (Phi) is 4.61. The van der Waals surface area contributed by atoms with Gasteiger partial charge in [0.05, 0.1) is 11.4 Å². The maximum Gasteiger partial charge on any atom is 0.237 e. The third-order valence-corrected chi connectivity index (χ3v) is 5.33. The van der Waals surface area contributed by atoms with E-state index in [-0.39, 0.29) is 6.79 Å². The van der Waals surface area contributed by atoms with Gasteiger partial charge in [-0.2, -0.15) is 4.98 Å². The lowest BCUT2D eigenvalue weighted by molar-refractivity contribution is 0.174. The van der Waals surface area contributed by atoms with Crippen LogP contribution in [0, 0.1) is 6.92 Å². The molecule has 0 saturated heterocycles. The van der Waals surface area contributed by atoms with Gasteiger partial charge in [-0.3, -0.25) is 0 Å². The SMILES string of the molecule is Cc1ccc(-c2noc(CSc3ccc(-c4ccc5c(c4)OCO5)nn3)n2)cc1. The molecule has 2 aromatic carbocycles. The van der Waals surface area contributed by atoms with Crippen LogP contribution in [-0.4, -0.2) is 27.1 Å². The highest BCUT2D eigenvalue weighted by Gasteiger charge is 2.15. The first kappa shape index (κ1) is 17.7. The van der Waals surface area contributed by atoms with Crippen molar-refractivity contribution in [3.8, 4) is 34.1 Å². The van der Waals surface area contributed by atoms with E-state index in [0.29, 0.717) is 17.5 Å². The first-order valence-corrected chi connectivity index (χ1v) is 9.99. The molecule has 29 heavy (non-hydrogen) atoms. The molecule has 7 nitrogen and oxygen atoms in total. The van der Waals surface area contributed by atoms with Gasteiger partial charge in [-0.1, -0.05) is 46.7 Å². The Balaban J connectivity index is 1.24. The summed E-state index contributed by atoms with van der Waals surface area (Å²) in [5, 5.41) is 13.4. The minimum Gasteiger partial charge on any atom is -0.454 e. The van der Waals surface area contributed by atoms with Gasteiger partial charge in [-0.05, 0) is 37.3 Å². The summed E-state index contributed by atoms with van der Waals surface area (Å²) in [5.74, 6) is 3.13. The minimum absolute atomic E-state index is 0.251. The van der Waals surface area contributed by atoms with Crippen LogP contribution in [0.5, 0.6) is 11.5 Å². The Morgan fingerprint density at radius 2 is 1.72 bits per heavy atom. The van der Waals surface area contributed by atoms with Crippen molar-refractivity contribution in [1.82, 2.24) is 20.3 Å². The maximum absolute atomic E-state index is 5.41. The number of benzene rings is 2. The van der Waals surface area contributed by atoms with E-state index in [2.05, 4.69) is 20.3 Å². The van der Waals surface area contributed by atoms with Gasteiger partial charge in [0.2, 0.25) is 18.5 Å². The van der Waals surface area contributed by atoms with Crippen molar-refractivity contribution >= 4 is 11.8 Å². The zero-order chi connectivity index (χ0) is 19.6. The van der Waals surface area contributed by atoms with Crippen molar-refractivity contribution in [2.75, 3.05) is 6.79 Å². The molecule has 0 unspecified atom stereocenters. The molecule has 0 N–H and O–H groups in total. The molecule has 1 aliphatic heterocycles. The molecule has 0 bridgehead atoms. The summed E-state index contributed by atoms with van der Waals surface area (Å²) in [6.07, 6.45) is 0. The number of ether oxygens (including phenoxy) is 2. The van der Waals surface area contributed by atoms with Gasteiger partial charge in [0.25, 0.3) is 0 Å². The topological polar surface area (TPSA) is 83.2 Å². The van der Waals surface area contributed by atoms with Crippen LogP contribution in [-0.2, 0) is 5.75 Å². The summed E-state index contributed by atoms with van der Waals surface area (Å²) in [6.45, 7) is 2.29. The van der Waals surface area contributed by atoms with Crippen LogP contribution in [0.15, 0.2) is 64.1 Å². The van der Waals surface area contributed by atoms with Crippen LogP contribution in [0.1, 0.15) is 11.5 Å². The standard InChI is InChI=1S/C21H16N4O3S/c1-13-2-4-14(5-3-13)21-22-19(28-25-21)11-29-20-9-7-16(23-24-20)15-6-8-17-18(10-15)27-12-26-17/h2-10H,11-12H2,1H3. The molecule has 8 heteroatoms. The van der Waals surface area contributed by atoms with Crippen LogP contribution in [0.25, 0.3) is 22.6 Å². The van der Waals surface area contributed by atoms with Crippen molar-refractivity contribution in [1.29, 1.82) is 0 Å². The Hall–Kier alpha value is -3.39. The zero-order valence-electron chi connectivity index (χ0n) is 15.5. The second-order valence-electron chi connectivity index (χ2n) is 6.49. The normalized spacial score (nSPS) is 12.3. The highest BCUT2D eigenvalue weighted by Crippen LogP contribution is 2.35. The maximum atomic E-state index is 5.41. The third-order valence-electron chi connectivity index (χ3n) is 4.43. The lowest BCUT2D eigenvalue weighted by Crippen LogP contribution is -1.93. The molecule has 5 rings (SSSR count). The molecule has 0 radical (unpaired) electrons. The molecule has 4 aromatic rings. The van der Waals surface area contributed by atoms with E-state index in [0.717, 1.165) is 33.3 Å². The molecule has 3 heterocycles. The van der Waals surface area contributed by atoms with E-state index in [9.17, 15) is 0 Å². The number of rotatable bonds is 5. The van der Waals surface area contributed by atoms with Gasteiger partial charge in [0.15, 0.2) is 11.5 Å². The van der Waals surface area contributed by atoms with Gasteiger partial charge >= 0.3 is 0 Å². The van der Waals surface area contributed by atoms with Crippen LogP contribution in [0.4, 0.5) is 0 Å². The van der Waals surface area contributed by atoms with Crippen molar-refractivity contribution in [3.05, 3.63) is 66.1 Å². The summed E-state index contributed by atoms with van der Waals surface area (Å²) in [6, 6.07) is 17.6. The predicted octanol–water partition coefficient (Wildman–Crippen LogP) is 4.52. The summed E-state index contributed by atoms with van der Waals surface area (Å²) in [5.41, 5.74) is 3.82. The number of aryl methyl sites for hydroxylation is 1. The van der Waals surface area contributed by atoms with Crippen molar-refractivity contribution in [3.63, 3.8) is 0 Å². The Bertz CT molecular complexity index is 1140. The van der Waals surface area contributed by atoms with E-state index in [1.165, 1.54) is 17.3 Å². The fourth-order valence-electron chi connectivity index (χ4n) is 2.88. The molecule has 0 spiro atoms. The molecule has 0 aliphatic carbocycles. The number of thioether (sulfide) groups is 1. The van der Waals surface area contributed by atoms with E-state index in [4.69, 9.17) is 14.0 Å². The first-order chi connectivity index (χ1) is 14.2. The van der Waals surface area contributed by atoms with Crippen molar-refractivity contribution in [2.45, 2.75) is 17.7 Å². The van der Waals surface area contributed by atoms with Crippen molar-refractivity contribution in [2.24, 2.45) is 0 Å². The second-order valence-corrected chi connectivity index (χ2v) is 7.49. The summed E-state index contributed by atoms with van der Waals surface area (Å²) in [7, 11) is 0. The molecule has 1 aliphatic rings. The smallest absolute Gasteiger partial charge is 0.237 e. The van der Waals surface area contributed by atoms with Crippen LogP contribution in [0.3, 0.4) is 0 Å². The highest BCUT2D eigenvalue weighted by molar-refractivity contribution is 7.98. The molecule has 0 amide bonds. The average molecular weight is 404 g/mol. The largest absolute Gasteiger partial charge is 0.454 e. The lowest BCUT2D eigenvalue weighted by atomic mass is 10.1. The minimum atomic E-state index is 0.251. The monoisotopic (exact) mass is 404 g/mol. The summed E-state index contributed by atoms with van der Waals surface area (Å²) in [4.78, 5) is 4.45. The Morgan fingerprint density at radius 1 is 0.897 bits per heavy atom. The molecule has 2 aromatic heterocycles. The van der Waals surface area contributed by atoms with Crippen LogP contribution >= 0.6 is 11.8 Å². The molecule has 0 atom stereocenters. The van der Waals surface area contributed by atoms with Gasteiger partial charge in [-0.15, -0.1) is 10.2 Å². The molecule has 144 valence electrons. The molecule has 0 fully saturated rings. The summed E-state index contributed by atoms with van der Waals surface area (Å²) >= 11 is 1.49. The predicted molar refractivity (Wildman–Crippen MR) is 108 cm³/mol. The van der Waals surface area contributed by atoms with Gasteiger partial charge < -0.3 is 14.0 Å². The van der Waals surface area contributed by atoms with Gasteiger partial charge in [-0.25, -0.2) is 0 Å². The number of nitrogens with zero attached hydrogens (tertiary/aromatic N) is 4. The quantitative estimate of drug-likeness (QED) is 0.449. The number of hydrogen-bond acceptors (Lipinski definition) is 8. The number of aromatic nitrogens is 4. The fraction of sp³-hybridized carbons (Fsp3) is 0.143. The van der Waals surface area contributed by atoms with Crippen LogP contribution < -0.4 is 9.47 Å². The number of fused-ring (bicyclic) bond motifs is 1. The summed E-state index contributed by atoms with van der Waals surface area (Å²) < 4.78 is 16.1. The van der Waals surface area contributed by atoms with Crippen molar-refractivity contribution < 1.29 is 14.0 Å². The van der Waals surface area contributed by atoms with Gasteiger partial charge in [0, 0.05) is 11.1 Å². The molecular formula is C21H16N4O3S. The van der Waals surface area contributed by atoms with E-state index in [1.54, 1.807) is 0 Å². The average Bonchev–Trinajstić information content (AvgIpc) is 3.42. The zero-order valence-corrected chi connectivity index (χ0v) is 16.3. The van der Waals surface area contributed by atoms with E-state index >= 15 is 0 Å². The lowest BCUT2D eigenvalue weighted by Gasteiger charge is -2.03. The number of hydrogen-bond donors (Lipinski definition) is 0. The Morgan fingerprint density at radius 3 is 2.55 bits per heavy atom. The molecular weight excluding hydrogens is 388 g/mol. The fourth-order valence-corrected chi connectivity index (χ4v) is 3.53. The highest BCUT2D eigenvalue weighted by atomic mass is 32.2. The van der Waals surface area contributed by atoms with Gasteiger partial charge in [0.1, 0.15) is 5.03 Å². The van der Waals surface area contributed by atoms with E-state index in [1.807, 2.05) is 61.5 Å².